The van der Waals surface area contributed by atoms with E-state index >= 15 is 0 Å². The SMILES string of the molecule is COc1ccc(Cl)cc1CC(=O)Cc1c(F)cccc1Cl. The highest BCUT2D eigenvalue weighted by atomic mass is 35.5. The zero-order valence-electron chi connectivity index (χ0n) is 11.3. The second-order valence-corrected chi connectivity index (χ2v) is 5.39. The van der Waals surface area contributed by atoms with Crippen molar-refractivity contribution in [2.45, 2.75) is 12.8 Å². The number of hydrogen-bond acceptors (Lipinski definition) is 2. The molecule has 0 amide bonds. The number of carbonyl (C=O) groups is 1. The minimum absolute atomic E-state index is 0.0683. The van der Waals surface area contributed by atoms with Gasteiger partial charge in [-0.3, -0.25) is 4.79 Å². The first-order valence-electron chi connectivity index (χ1n) is 6.28. The minimum Gasteiger partial charge on any atom is -0.496 e. The van der Waals surface area contributed by atoms with Crippen LogP contribution in [-0.2, 0) is 17.6 Å². The van der Waals surface area contributed by atoms with Crippen LogP contribution in [0.25, 0.3) is 0 Å². The molecule has 0 aliphatic carbocycles. The average Bonchev–Trinajstić information content (AvgIpc) is 2.43. The van der Waals surface area contributed by atoms with E-state index in [4.69, 9.17) is 27.9 Å². The lowest BCUT2D eigenvalue weighted by Gasteiger charge is -2.09. The summed E-state index contributed by atoms with van der Waals surface area (Å²) in [4.78, 5) is 12.1. The third kappa shape index (κ3) is 3.96. The van der Waals surface area contributed by atoms with Gasteiger partial charge in [0.05, 0.1) is 7.11 Å². The quantitative estimate of drug-likeness (QED) is 0.808. The summed E-state index contributed by atoms with van der Waals surface area (Å²) in [5.41, 5.74) is 0.882. The van der Waals surface area contributed by atoms with Crippen LogP contribution in [0, 0.1) is 5.82 Å². The van der Waals surface area contributed by atoms with E-state index in [1.54, 1.807) is 24.3 Å². The van der Waals surface area contributed by atoms with Crippen LogP contribution in [0.4, 0.5) is 4.39 Å². The van der Waals surface area contributed by atoms with E-state index in [0.29, 0.717) is 16.3 Å². The molecular weight excluding hydrogens is 314 g/mol. The van der Waals surface area contributed by atoms with E-state index in [2.05, 4.69) is 0 Å². The molecule has 0 unspecified atom stereocenters. The highest BCUT2D eigenvalue weighted by Crippen LogP contribution is 2.25. The van der Waals surface area contributed by atoms with E-state index in [-0.39, 0.29) is 29.2 Å². The number of carbonyl (C=O) groups excluding carboxylic acids is 1. The van der Waals surface area contributed by atoms with Crippen molar-refractivity contribution in [3.8, 4) is 5.75 Å². The fourth-order valence-corrected chi connectivity index (χ4v) is 2.48. The summed E-state index contributed by atoms with van der Waals surface area (Å²) in [6.07, 6.45) is 0.0373. The van der Waals surface area contributed by atoms with Gasteiger partial charge in [-0.15, -0.1) is 0 Å². The molecule has 0 aliphatic heterocycles. The van der Waals surface area contributed by atoms with Crippen LogP contribution in [0.3, 0.4) is 0 Å². The number of benzene rings is 2. The van der Waals surface area contributed by atoms with Gasteiger partial charge in [-0.1, -0.05) is 29.3 Å². The molecule has 0 spiro atoms. The summed E-state index contributed by atoms with van der Waals surface area (Å²) in [6.45, 7) is 0. The zero-order chi connectivity index (χ0) is 15.4. The van der Waals surface area contributed by atoms with Crippen LogP contribution in [0.2, 0.25) is 10.0 Å². The Hall–Kier alpha value is -1.58. The number of ketones is 1. The standard InChI is InChI=1S/C16H13Cl2FO2/c1-21-16-6-5-11(17)7-10(16)8-12(20)9-13-14(18)3-2-4-15(13)19/h2-7H,8-9H2,1H3. The van der Waals surface area contributed by atoms with Crippen molar-refractivity contribution in [1.82, 2.24) is 0 Å². The third-order valence-electron chi connectivity index (χ3n) is 3.07. The number of ether oxygens (including phenoxy) is 1. The van der Waals surface area contributed by atoms with Crippen LogP contribution >= 0.6 is 23.2 Å². The van der Waals surface area contributed by atoms with Crippen LogP contribution in [-0.4, -0.2) is 12.9 Å². The van der Waals surface area contributed by atoms with E-state index < -0.39 is 5.82 Å². The highest BCUT2D eigenvalue weighted by molar-refractivity contribution is 6.31. The van der Waals surface area contributed by atoms with Crippen molar-refractivity contribution in [1.29, 1.82) is 0 Å². The second-order valence-electron chi connectivity index (χ2n) is 4.55. The molecule has 2 rings (SSSR count). The van der Waals surface area contributed by atoms with E-state index in [1.807, 2.05) is 0 Å². The van der Waals surface area contributed by atoms with Gasteiger partial charge < -0.3 is 4.74 Å². The molecule has 21 heavy (non-hydrogen) atoms. The molecule has 5 heteroatoms. The number of Topliss-reactive ketones (excluding diaryl/α,β-unsaturated/α-hetero) is 1. The first kappa shape index (κ1) is 15.8. The fourth-order valence-electron chi connectivity index (χ4n) is 2.06. The van der Waals surface area contributed by atoms with Crippen molar-refractivity contribution in [3.63, 3.8) is 0 Å². The van der Waals surface area contributed by atoms with Crippen LogP contribution in [0.5, 0.6) is 5.75 Å². The Morgan fingerprint density at radius 1 is 1.19 bits per heavy atom. The molecule has 0 radical (unpaired) electrons. The van der Waals surface area contributed by atoms with Crippen molar-refractivity contribution < 1.29 is 13.9 Å². The first-order valence-corrected chi connectivity index (χ1v) is 7.04. The second kappa shape index (κ2) is 6.92. The molecule has 0 atom stereocenters. The van der Waals surface area contributed by atoms with Gasteiger partial charge in [-0.05, 0) is 30.3 Å². The molecule has 0 aliphatic rings. The lowest BCUT2D eigenvalue weighted by atomic mass is 10.0. The lowest BCUT2D eigenvalue weighted by molar-refractivity contribution is -0.117. The Balaban J connectivity index is 2.17. The maximum atomic E-state index is 13.7. The predicted molar refractivity (Wildman–Crippen MR) is 81.8 cm³/mol. The lowest BCUT2D eigenvalue weighted by Crippen LogP contribution is -2.09. The van der Waals surface area contributed by atoms with Gasteiger partial charge in [0.15, 0.2) is 0 Å². The number of rotatable bonds is 5. The summed E-state index contributed by atoms with van der Waals surface area (Å²) in [5.74, 6) is -0.0659. The van der Waals surface area contributed by atoms with Gasteiger partial charge in [0, 0.05) is 34.0 Å². The molecule has 0 saturated carbocycles. The molecule has 0 N–H and O–H groups in total. The Labute approximate surface area is 132 Å². The molecule has 0 bridgehead atoms. The average molecular weight is 327 g/mol. The molecule has 0 saturated heterocycles. The maximum absolute atomic E-state index is 13.7. The minimum atomic E-state index is -0.478. The zero-order valence-corrected chi connectivity index (χ0v) is 12.8. The van der Waals surface area contributed by atoms with E-state index in [0.717, 1.165) is 0 Å². The van der Waals surface area contributed by atoms with Crippen molar-refractivity contribution in [2.75, 3.05) is 7.11 Å². The van der Waals surface area contributed by atoms with Gasteiger partial charge in [-0.2, -0.15) is 0 Å². The summed E-state index contributed by atoms with van der Waals surface area (Å²) in [6, 6.07) is 9.40. The van der Waals surface area contributed by atoms with Gasteiger partial charge in [0.25, 0.3) is 0 Å². The number of hydrogen-bond donors (Lipinski definition) is 0. The molecule has 2 nitrogen and oxygen atoms in total. The molecule has 110 valence electrons. The molecule has 2 aromatic rings. The van der Waals surface area contributed by atoms with Gasteiger partial charge in [0.2, 0.25) is 0 Å². The molecule has 0 aromatic heterocycles. The molecule has 0 fully saturated rings. The first-order chi connectivity index (χ1) is 10.0. The van der Waals surface area contributed by atoms with E-state index in [1.165, 1.54) is 19.2 Å². The molecule has 0 heterocycles. The smallest absolute Gasteiger partial charge is 0.141 e. The van der Waals surface area contributed by atoms with Crippen LogP contribution in [0.15, 0.2) is 36.4 Å². The third-order valence-corrected chi connectivity index (χ3v) is 3.65. The fraction of sp³-hybridized carbons (Fsp3) is 0.188. The maximum Gasteiger partial charge on any atom is 0.141 e. The summed E-state index contributed by atoms with van der Waals surface area (Å²) < 4.78 is 18.9. The van der Waals surface area contributed by atoms with Gasteiger partial charge in [0.1, 0.15) is 17.3 Å². The van der Waals surface area contributed by atoms with Crippen LogP contribution < -0.4 is 4.74 Å². The largest absolute Gasteiger partial charge is 0.496 e. The normalized spacial score (nSPS) is 10.5. The Morgan fingerprint density at radius 3 is 2.62 bits per heavy atom. The summed E-state index contributed by atoms with van der Waals surface area (Å²) >= 11 is 11.8. The Morgan fingerprint density at radius 2 is 1.95 bits per heavy atom. The summed E-state index contributed by atoms with van der Waals surface area (Å²) in [5, 5.41) is 0.768. The van der Waals surface area contributed by atoms with Crippen molar-refractivity contribution in [3.05, 3.63) is 63.4 Å². The highest BCUT2D eigenvalue weighted by Gasteiger charge is 2.14. The van der Waals surface area contributed by atoms with Gasteiger partial charge >= 0.3 is 0 Å². The predicted octanol–water partition coefficient (Wildman–Crippen LogP) is 4.50. The molecular formula is C16H13Cl2FO2. The van der Waals surface area contributed by atoms with E-state index in [9.17, 15) is 9.18 Å². The van der Waals surface area contributed by atoms with Gasteiger partial charge in [-0.25, -0.2) is 4.39 Å². The molecule has 2 aromatic carbocycles. The number of halogens is 3. The van der Waals surface area contributed by atoms with Crippen LogP contribution in [0.1, 0.15) is 11.1 Å². The monoisotopic (exact) mass is 326 g/mol. The topological polar surface area (TPSA) is 26.3 Å². The van der Waals surface area contributed by atoms with Crippen molar-refractivity contribution >= 4 is 29.0 Å². The Bertz CT molecular complexity index is 651. The summed E-state index contributed by atoms with van der Waals surface area (Å²) in [7, 11) is 1.52. The van der Waals surface area contributed by atoms with Crippen molar-refractivity contribution in [2.24, 2.45) is 0 Å². The number of methoxy groups -OCH3 is 1. The Kier molecular flexibility index (Phi) is 5.21.